The lowest BCUT2D eigenvalue weighted by Gasteiger charge is -2.18. The minimum atomic E-state index is -3.59. The lowest BCUT2D eigenvalue weighted by Crippen LogP contribution is -2.36. The summed E-state index contributed by atoms with van der Waals surface area (Å²) < 4.78 is 27.6. The average molecular weight is 344 g/mol. The first-order valence-corrected chi connectivity index (χ1v) is 9.32. The third-order valence-corrected chi connectivity index (χ3v) is 5.79. The number of benzene rings is 2. The molecule has 0 radical (unpaired) electrons. The molecule has 6 heteroatoms. The van der Waals surface area contributed by atoms with Gasteiger partial charge in [0.05, 0.1) is 11.3 Å². The number of fused-ring (bicyclic) bond motifs is 1. The highest BCUT2D eigenvalue weighted by molar-refractivity contribution is 7.89. The maximum Gasteiger partial charge on any atom is 0.240 e. The summed E-state index contributed by atoms with van der Waals surface area (Å²) in [4.78, 5) is 14.0. The van der Waals surface area contributed by atoms with Crippen LogP contribution in [0.3, 0.4) is 0 Å². The molecular formula is C18H20N2O3S. The molecule has 0 aliphatic carbocycles. The summed E-state index contributed by atoms with van der Waals surface area (Å²) in [5.74, 6) is 0.00198. The van der Waals surface area contributed by atoms with Gasteiger partial charge in [0.1, 0.15) is 0 Å². The van der Waals surface area contributed by atoms with E-state index in [2.05, 4.69) is 4.72 Å². The third-order valence-electron chi connectivity index (χ3n) is 4.19. The molecule has 2 aromatic rings. The number of para-hydroxylation sites is 1. The van der Waals surface area contributed by atoms with Crippen LogP contribution in [0.15, 0.2) is 47.4 Å². The monoisotopic (exact) mass is 344 g/mol. The van der Waals surface area contributed by atoms with E-state index in [0.29, 0.717) is 18.5 Å². The molecule has 0 fully saturated rings. The van der Waals surface area contributed by atoms with Gasteiger partial charge in [0.25, 0.3) is 0 Å². The fourth-order valence-electron chi connectivity index (χ4n) is 2.93. The van der Waals surface area contributed by atoms with Gasteiger partial charge in [0.2, 0.25) is 15.9 Å². The van der Waals surface area contributed by atoms with Crippen LogP contribution in [0, 0.1) is 13.8 Å². The zero-order valence-corrected chi connectivity index (χ0v) is 14.6. The summed E-state index contributed by atoms with van der Waals surface area (Å²) in [7, 11) is -3.59. The predicted molar refractivity (Wildman–Crippen MR) is 93.6 cm³/mol. The largest absolute Gasteiger partial charge is 0.311 e. The van der Waals surface area contributed by atoms with Crippen LogP contribution in [0.25, 0.3) is 0 Å². The first-order chi connectivity index (χ1) is 11.4. The molecule has 1 heterocycles. The average Bonchev–Trinajstić information content (AvgIpc) is 2.85. The molecule has 0 saturated carbocycles. The highest BCUT2D eigenvalue weighted by Crippen LogP contribution is 2.27. The molecule has 2 aromatic carbocycles. The number of rotatable bonds is 5. The summed E-state index contributed by atoms with van der Waals surface area (Å²) >= 11 is 0. The molecule has 0 spiro atoms. The number of aryl methyl sites for hydroxylation is 2. The van der Waals surface area contributed by atoms with E-state index in [1.165, 1.54) is 0 Å². The van der Waals surface area contributed by atoms with Crippen LogP contribution in [-0.2, 0) is 21.2 Å². The predicted octanol–water partition coefficient (Wildman–Crippen LogP) is 2.17. The molecule has 1 N–H and O–H groups in total. The van der Waals surface area contributed by atoms with Crippen LogP contribution in [0.2, 0.25) is 0 Å². The van der Waals surface area contributed by atoms with Crippen molar-refractivity contribution < 1.29 is 13.2 Å². The Bertz CT molecular complexity index is 891. The van der Waals surface area contributed by atoms with E-state index in [1.807, 2.05) is 37.3 Å². The van der Waals surface area contributed by atoms with E-state index in [-0.39, 0.29) is 17.3 Å². The highest BCUT2D eigenvalue weighted by Gasteiger charge is 2.26. The number of nitrogens with zero attached hydrogens (tertiary/aromatic N) is 1. The maximum absolute atomic E-state index is 12.5. The first-order valence-electron chi connectivity index (χ1n) is 7.84. The molecule has 0 saturated heterocycles. The molecule has 0 bridgehead atoms. The first kappa shape index (κ1) is 16.7. The maximum atomic E-state index is 12.5. The number of sulfonamides is 1. The second-order valence-electron chi connectivity index (χ2n) is 6.02. The Balaban J connectivity index is 1.70. The number of amides is 1. The topological polar surface area (TPSA) is 66.5 Å². The van der Waals surface area contributed by atoms with Crippen LogP contribution in [-0.4, -0.2) is 27.4 Å². The number of hydrogen-bond donors (Lipinski definition) is 1. The standard InChI is InChI=1S/C18H20N2O3S/c1-13-7-8-14(2)17(11-13)24(22,23)19-9-10-20-16-6-4-3-5-15(16)12-18(20)21/h3-8,11,19H,9-10,12H2,1-2H3. The van der Waals surface area contributed by atoms with Crippen LogP contribution < -0.4 is 9.62 Å². The zero-order chi connectivity index (χ0) is 17.3. The molecule has 5 nitrogen and oxygen atoms in total. The van der Waals surface area contributed by atoms with Crippen LogP contribution in [0.1, 0.15) is 16.7 Å². The van der Waals surface area contributed by atoms with E-state index in [0.717, 1.165) is 16.8 Å². The fraction of sp³-hybridized carbons (Fsp3) is 0.278. The highest BCUT2D eigenvalue weighted by atomic mass is 32.2. The van der Waals surface area contributed by atoms with Crippen molar-refractivity contribution in [3.8, 4) is 0 Å². The molecule has 0 unspecified atom stereocenters. The number of carbonyl (C=O) groups is 1. The molecule has 0 aromatic heterocycles. The van der Waals surface area contributed by atoms with Gasteiger partial charge in [-0.05, 0) is 42.7 Å². The third kappa shape index (κ3) is 3.20. The van der Waals surface area contributed by atoms with Gasteiger partial charge in [-0.2, -0.15) is 0 Å². The Kier molecular flexibility index (Phi) is 4.43. The second-order valence-corrected chi connectivity index (χ2v) is 7.75. The van der Waals surface area contributed by atoms with Gasteiger partial charge < -0.3 is 4.90 Å². The fourth-order valence-corrected chi connectivity index (χ4v) is 4.28. The van der Waals surface area contributed by atoms with Crippen molar-refractivity contribution in [2.45, 2.75) is 25.2 Å². The Morgan fingerprint density at radius 3 is 2.67 bits per heavy atom. The van der Waals surface area contributed by atoms with Gasteiger partial charge in [0, 0.05) is 18.8 Å². The van der Waals surface area contributed by atoms with Crippen molar-refractivity contribution in [2.24, 2.45) is 0 Å². The van der Waals surface area contributed by atoms with E-state index < -0.39 is 10.0 Å². The smallest absolute Gasteiger partial charge is 0.240 e. The SMILES string of the molecule is Cc1ccc(C)c(S(=O)(=O)NCCN2C(=O)Cc3ccccc32)c1. The molecule has 126 valence electrons. The summed E-state index contributed by atoms with van der Waals surface area (Å²) in [5.41, 5.74) is 3.45. The van der Waals surface area contributed by atoms with Crippen molar-refractivity contribution in [1.82, 2.24) is 4.72 Å². The Morgan fingerprint density at radius 2 is 1.88 bits per heavy atom. The van der Waals surface area contributed by atoms with E-state index in [9.17, 15) is 13.2 Å². The van der Waals surface area contributed by atoms with Crippen molar-refractivity contribution in [1.29, 1.82) is 0 Å². The Labute approximate surface area is 142 Å². The molecule has 1 amide bonds. The second kappa shape index (κ2) is 6.37. The number of hydrogen-bond acceptors (Lipinski definition) is 3. The molecule has 0 atom stereocenters. The van der Waals surface area contributed by atoms with Crippen LogP contribution in [0.4, 0.5) is 5.69 Å². The molecular weight excluding hydrogens is 324 g/mol. The van der Waals surface area contributed by atoms with Gasteiger partial charge in [-0.1, -0.05) is 30.3 Å². The van der Waals surface area contributed by atoms with Crippen LogP contribution in [0.5, 0.6) is 0 Å². The van der Waals surface area contributed by atoms with Gasteiger partial charge in [-0.25, -0.2) is 13.1 Å². The summed E-state index contributed by atoms with van der Waals surface area (Å²) in [5, 5.41) is 0. The summed E-state index contributed by atoms with van der Waals surface area (Å²) in [6.07, 6.45) is 0.375. The van der Waals surface area contributed by atoms with Gasteiger partial charge in [-0.3, -0.25) is 4.79 Å². The lowest BCUT2D eigenvalue weighted by atomic mass is 10.2. The Morgan fingerprint density at radius 1 is 1.12 bits per heavy atom. The van der Waals surface area contributed by atoms with Crippen molar-refractivity contribution >= 4 is 21.6 Å². The lowest BCUT2D eigenvalue weighted by molar-refractivity contribution is -0.117. The van der Waals surface area contributed by atoms with Crippen molar-refractivity contribution in [2.75, 3.05) is 18.0 Å². The quantitative estimate of drug-likeness (QED) is 0.904. The van der Waals surface area contributed by atoms with E-state index in [1.54, 1.807) is 24.0 Å². The van der Waals surface area contributed by atoms with Crippen molar-refractivity contribution in [3.63, 3.8) is 0 Å². The number of anilines is 1. The minimum Gasteiger partial charge on any atom is -0.311 e. The Hall–Kier alpha value is -2.18. The number of nitrogens with one attached hydrogen (secondary N) is 1. The van der Waals surface area contributed by atoms with E-state index >= 15 is 0 Å². The summed E-state index contributed by atoms with van der Waals surface area (Å²) in [6, 6.07) is 12.9. The van der Waals surface area contributed by atoms with Crippen LogP contribution >= 0.6 is 0 Å². The van der Waals surface area contributed by atoms with Gasteiger partial charge in [-0.15, -0.1) is 0 Å². The minimum absolute atomic E-state index is 0.00198. The van der Waals surface area contributed by atoms with E-state index in [4.69, 9.17) is 0 Å². The zero-order valence-electron chi connectivity index (χ0n) is 13.7. The van der Waals surface area contributed by atoms with Gasteiger partial charge in [0.15, 0.2) is 0 Å². The summed E-state index contributed by atoms with van der Waals surface area (Å²) in [6.45, 7) is 4.13. The molecule has 1 aliphatic rings. The molecule has 24 heavy (non-hydrogen) atoms. The molecule has 3 rings (SSSR count). The number of carbonyl (C=O) groups excluding carboxylic acids is 1. The van der Waals surface area contributed by atoms with Gasteiger partial charge >= 0.3 is 0 Å². The van der Waals surface area contributed by atoms with Crippen molar-refractivity contribution in [3.05, 3.63) is 59.2 Å². The molecule has 1 aliphatic heterocycles. The normalized spacial score (nSPS) is 14.1.